The van der Waals surface area contributed by atoms with Crippen LogP contribution in [0.25, 0.3) is 0 Å². The van der Waals surface area contributed by atoms with E-state index < -0.39 is 0 Å². The second-order valence-corrected chi connectivity index (χ2v) is 9.26. The molecule has 0 aliphatic carbocycles. The molecule has 0 spiro atoms. The molecule has 0 saturated heterocycles. The van der Waals surface area contributed by atoms with Crippen molar-refractivity contribution in [2.45, 2.75) is 6.42 Å². The molecule has 0 radical (unpaired) electrons. The first-order valence-corrected chi connectivity index (χ1v) is 11.9. The van der Waals surface area contributed by atoms with Crippen LogP contribution in [0.3, 0.4) is 0 Å². The average Bonchev–Trinajstić information content (AvgIpc) is 2.76. The van der Waals surface area contributed by atoms with Gasteiger partial charge in [-0.15, -0.1) is 0 Å². The summed E-state index contributed by atoms with van der Waals surface area (Å²) < 4.78 is 6.86. The summed E-state index contributed by atoms with van der Waals surface area (Å²) >= 11 is 18.7. The highest BCUT2D eigenvalue weighted by Crippen LogP contribution is 2.34. The molecule has 3 rings (SSSR count). The van der Waals surface area contributed by atoms with Crippen molar-refractivity contribution < 1.29 is 14.3 Å². The summed E-state index contributed by atoms with van der Waals surface area (Å²) in [6, 6.07) is 17.7. The maximum atomic E-state index is 12.2. The summed E-state index contributed by atoms with van der Waals surface area (Å²) in [6.07, 6.45) is 1.75. The number of anilines is 1. The van der Waals surface area contributed by atoms with Gasteiger partial charge in [-0.05, 0) is 73.3 Å². The van der Waals surface area contributed by atoms with Gasteiger partial charge in [0.05, 0.1) is 31.6 Å². The van der Waals surface area contributed by atoms with Crippen LogP contribution in [0.2, 0.25) is 10.0 Å². The molecule has 0 heterocycles. The third-order valence-electron chi connectivity index (χ3n) is 4.18. The molecule has 3 aromatic rings. The van der Waals surface area contributed by atoms with Crippen LogP contribution in [0.1, 0.15) is 11.1 Å². The van der Waals surface area contributed by atoms with Crippen LogP contribution in [0.4, 0.5) is 5.69 Å². The molecular formula is C23H17Br2Cl2N3O3. The van der Waals surface area contributed by atoms with Crippen LogP contribution >= 0.6 is 55.1 Å². The first-order valence-electron chi connectivity index (χ1n) is 9.54. The summed E-state index contributed by atoms with van der Waals surface area (Å²) in [7, 11) is 0. The second-order valence-electron chi connectivity index (χ2n) is 6.73. The van der Waals surface area contributed by atoms with Gasteiger partial charge >= 0.3 is 0 Å². The summed E-state index contributed by atoms with van der Waals surface area (Å²) in [5.74, 6) is -0.132. The molecule has 3 aromatic carbocycles. The number of rotatable bonds is 8. The Morgan fingerprint density at radius 1 is 0.939 bits per heavy atom. The van der Waals surface area contributed by atoms with E-state index in [2.05, 4.69) is 47.7 Å². The zero-order chi connectivity index (χ0) is 23.8. The molecule has 0 saturated carbocycles. The van der Waals surface area contributed by atoms with Crippen molar-refractivity contribution in [3.05, 3.63) is 90.8 Å². The minimum absolute atomic E-state index is 0.219. The highest BCUT2D eigenvalue weighted by atomic mass is 79.9. The normalized spacial score (nSPS) is 10.8. The lowest BCUT2D eigenvalue weighted by atomic mass is 10.1. The number of ether oxygens (including phenoxy) is 1. The summed E-state index contributed by atoms with van der Waals surface area (Å²) in [4.78, 5) is 24.2. The van der Waals surface area contributed by atoms with Gasteiger partial charge in [-0.3, -0.25) is 9.59 Å². The Hall–Kier alpha value is -2.39. The van der Waals surface area contributed by atoms with Gasteiger partial charge in [-0.2, -0.15) is 5.10 Å². The quantitative estimate of drug-likeness (QED) is 0.234. The molecule has 2 amide bonds. The third-order valence-corrected chi connectivity index (χ3v) is 6.10. The minimum Gasteiger partial charge on any atom is -0.481 e. The topological polar surface area (TPSA) is 79.8 Å². The SMILES string of the molecule is O=C(Cc1ccccc1)N/N=C/c1cc(Br)c(OCC(=O)Nc2ccc(Cl)c(Cl)c2)c(Br)c1. The smallest absolute Gasteiger partial charge is 0.262 e. The highest BCUT2D eigenvalue weighted by Gasteiger charge is 2.12. The molecule has 0 bridgehead atoms. The summed E-state index contributed by atoms with van der Waals surface area (Å²) in [5.41, 5.74) is 4.63. The van der Waals surface area contributed by atoms with E-state index in [0.717, 1.165) is 5.56 Å². The number of carbonyl (C=O) groups excluding carboxylic acids is 2. The van der Waals surface area contributed by atoms with Crippen molar-refractivity contribution in [3.8, 4) is 5.75 Å². The maximum Gasteiger partial charge on any atom is 0.262 e. The average molecular weight is 614 g/mol. The molecule has 10 heteroatoms. The molecule has 0 aliphatic rings. The van der Waals surface area contributed by atoms with Gasteiger partial charge in [0.2, 0.25) is 5.91 Å². The largest absolute Gasteiger partial charge is 0.481 e. The standard InChI is InChI=1S/C23H17Br2Cl2N3O3/c24-17-8-15(12-28-30-21(31)10-14-4-2-1-3-5-14)9-18(25)23(17)33-13-22(32)29-16-6-7-19(26)20(27)11-16/h1-9,11-12H,10,13H2,(H,29,32)(H,30,31)/b28-12+. The molecule has 0 aliphatic heterocycles. The van der Waals surface area contributed by atoms with Crippen molar-refractivity contribution in [1.29, 1.82) is 0 Å². The molecule has 0 unspecified atom stereocenters. The van der Waals surface area contributed by atoms with Crippen LogP contribution in [0, 0.1) is 0 Å². The van der Waals surface area contributed by atoms with Gasteiger partial charge in [-0.1, -0.05) is 53.5 Å². The number of nitrogens with one attached hydrogen (secondary N) is 2. The van der Waals surface area contributed by atoms with Crippen LogP contribution < -0.4 is 15.5 Å². The highest BCUT2D eigenvalue weighted by molar-refractivity contribution is 9.11. The van der Waals surface area contributed by atoms with Crippen molar-refractivity contribution in [2.24, 2.45) is 5.10 Å². The Labute approximate surface area is 217 Å². The minimum atomic E-state index is -0.362. The number of carbonyl (C=O) groups is 2. The van der Waals surface area contributed by atoms with E-state index in [4.69, 9.17) is 27.9 Å². The molecule has 0 aromatic heterocycles. The van der Waals surface area contributed by atoms with Gasteiger partial charge in [0.1, 0.15) is 5.75 Å². The zero-order valence-corrected chi connectivity index (χ0v) is 21.6. The Bertz CT molecular complexity index is 1170. The molecular weight excluding hydrogens is 597 g/mol. The van der Waals surface area contributed by atoms with Crippen LogP contribution in [0.5, 0.6) is 5.75 Å². The number of hydrogen-bond acceptors (Lipinski definition) is 4. The lowest BCUT2D eigenvalue weighted by Crippen LogP contribution is -2.20. The molecule has 6 nitrogen and oxygen atoms in total. The van der Waals surface area contributed by atoms with Crippen molar-refractivity contribution in [1.82, 2.24) is 5.43 Å². The summed E-state index contributed by atoms with van der Waals surface area (Å²) in [6.45, 7) is -0.222. The first-order chi connectivity index (χ1) is 15.8. The maximum absolute atomic E-state index is 12.2. The molecule has 2 N–H and O–H groups in total. The number of amides is 2. The number of hydrazone groups is 1. The van der Waals surface area contributed by atoms with Crippen LogP contribution in [0.15, 0.2) is 74.7 Å². The number of nitrogens with zero attached hydrogens (tertiary/aromatic N) is 1. The van der Waals surface area contributed by atoms with Gasteiger partial charge in [0, 0.05) is 5.69 Å². The van der Waals surface area contributed by atoms with E-state index in [1.165, 1.54) is 6.21 Å². The molecule has 33 heavy (non-hydrogen) atoms. The fraction of sp³-hybridized carbons (Fsp3) is 0.0870. The monoisotopic (exact) mass is 611 g/mol. The predicted molar refractivity (Wildman–Crippen MR) is 138 cm³/mol. The van der Waals surface area contributed by atoms with Crippen LogP contribution in [-0.4, -0.2) is 24.6 Å². The molecule has 0 atom stereocenters. The number of hydrogen-bond donors (Lipinski definition) is 2. The fourth-order valence-electron chi connectivity index (χ4n) is 2.70. The Morgan fingerprint density at radius 2 is 1.64 bits per heavy atom. The van der Waals surface area contributed by atoms with Crippen LogP contribution in [-0.2, 0) is 16.0 Å². The van der Waals surface area contributed by atoms with E-state index in [9.17, 15) is 9.59 Å². The summed E-state index contributed by atoms with van der Waals surface area (Å²) in [5, 5.41) is 7.42. The lowest BCUT2D eigenvalue weighted by Gasteiger charge is -2.12. The Kier molecular flexibility index (Phi) is 9.31. The molecule has 0 fully saturated rings. The van der Waals surface area contributed by atoms with E-state index in [0.29, 0.717) is 36.0 Å². The second kappa shape index (κ2) is 12.2. The van der Waals surface area contributed by atoms with E-state index >= 15 is 0 Å². The van der Waals surface area contributed by atoms with Crippen molar-refractivity contribution in [3.63, 3.8) is 0 Å². The zero-order valence-electron chi connectivity index (χ0n) is 16.9. The van der Waals surface area contributed by atoms with Gasteiger partial charge in [0.25, 0.3) is 5.91 Å². The fourth-order valence-corrected chi connectivity index (χ4v) is 4.45. The number of halogens is 4. The Morgan fingerprint density at radius 3 is 2.30 bits per heavy atom. The first kappa shape index (κ1) is 25.2. The molecule has 170 valence electrons. The predicted octanol–water partition coefficient (Wildman–Crippen LogP) is 6.23. The van der Waals surface area contributed by atoms with Gasteiger partial charge < -0.3 is 10.1 Å². The Balaban J connectivity index is 1.54. The number of benzene rings is 3. The lowest BCUT2D eigenvalue weighted by molar-refractivity contribution is -0.120. The van der Waals surface area contributed by atoms with Crippen molar-refractivity contribution in [2.75, 3.05) is 11.9 Å². The third kappa shape index (κ3) is 7.85. The van der Waals surface area contributed by atoms with E-state index in [1.807, 2.05) is 30.3 Å². The van der Waals surface area contributed by atoms with Gasteiger partial charge in [-0.25, -0.2) is 5.43 Å². The van der Waals surface area contributed by atoms with Gasteiger partial charge in [0.15, 0.2) is 6.61 Å². The van der Waals surface area contributed by atoms with Crippen molar-refractivity contribution >= 4 is 78.8 Å². The van der Waals surface area contributed by atoms with E-state index in [1.54, 1.807) is 30.3 Å². The van der Waals surface area contributed by atoms with E-state index in [-0.39, 0.29) is 24.8 Å².